The van der Waals surface area contributed by atoms with E-state index in [-0.39, 0.29) is 22.3 Å². The van der Waals surface area contributed by atoms with Gasteiger partial charge >= 0.3 is 5.97 Å². The fourth-order valence-corrected chi connectivity index (χ4v) is 5.42. The Morgan fingerprint density at radius 2 is 1.91 bits per heavy atom. The van der Waals surface area contributed by atoms with Crippen molar-refractivity contribution in [1.82, 2.24) is 9.62 Å². The third kappa shape index (κ3) is 6.82. The lowest BCUT2D eigenvalue weighted by Crippen LogP contribution is -2.40. The number of nitrogens with zero attached hydrogens (tertiary/aromatic N) is 1. The fourth-order valence-electron chi connectivity index (χ4n) is 4.09. The van der Waals surface area contributed by atoms with Gasteiger partial charge in [0.05, 0.1) is 21.3 Å². The third-order valence-electron chi connectivity index (χ3n) is 5.78. The first kappa shape index (κ1) is 25.7. The van der Waals surface area contributed by atoms with Crippen molar-refractivity contribution < 1.29 is 27.4 Å². The molecule has 0 amide bonds. The van der Waals surface area contributed by atoms with E-state index in [0.717, 1.165) is 32.5 Å². The van der Waals surface area contributed by atoms with E-state index in [4.69, 9.17) is 9.47 Å². The summed E-state index contributed by atoms with van der Waals surface area (Å²) >= 11 is 0. The molecule has 8 nitrogen and oxygen atoms in total. The van der Waals surface area contributed by atoms with Crippen molar-refractivity contribution >= 4 is 22.1 Å². The molecule has 34 heavy (non-hydrogen) atoms. The lowest BCUT2D eigenvalue weighted by Gasteiger charge is -2.32. The summed E-state index contributed by atoms with van der Waals surface area (Å²) in [5, 5.41) is 0. The van der Waals surface area contributed by atoms with Crippen molar-refractivity contribution in [3.8, 4) is 11.5 Å². The second-order valence-corrected chi connectivity index (χ2v) is 9.93. The normalized spacial score (nSPS) is 17.0. The molecule has 0 spiro atoms. The Bertz CT molecular complexity index is 1100. The highest BCUT2D eigenvalue weighted by Gasteiger charge is 2.26. The van der Waals surface area contributed by atoms with E-state index in [1.807, 2.05) is 18.2 Å². The Labute approximate surface area is 201 Å². The molecule has 0 aromatic heterocycles. The number of rotatable bonds is 10. The van der Waals surface area contributed by atoms with Gasteiger partial charge in [0.15, 0.2) is 11.5 Å². The number of methoxy groups -OCH3 is 3. The second-order valence-electron chi connectivity index (χ2n) is 8.19. The number of carbonyl (C=O) groups excluding carboxylic acids is 1. The fraction of sp³-hybridized carbons (Fsp3) is 0.400. The van der Waals surface area contributed by atoms with E-state index < -0.39 is 16.0 Å². The van der Waals surface area contributed by atoms with Gasteiger partial charge in [-0.2, -0.15) is 0 Å². The zero-order valence-corrected chi connectivity index (χ0v) is 20.6. The van der Waals surface area contributed by atoms with Crippen LogP contribution in [0, 0.1) is 5.92 Å². The van der Waals surface area contributed by atoms with Gasteiger partial charge in [-0.15, -0.1) is 0 Å². The van der Waals surface area contributed by atoms with Crippen molar-refractivity contribution in [1.29, 1.82) is 0 Å². The van der Waals surface area contributed by atoms with Crippen LogP contribution in [0.5, 0.6) is 11.5 Å². The predicted octanol–water partition coefficient (Wildman–Crippen LogP) is 3.08. The van der Waals surface area contributed by atoms with Crippen LogP contribution in [0.1, 0.15) is 24.0 Å². The van der Waals surface area contributed by atoms with Crippen molar-refractivity contribution in [2.24, 2.45) is 5.92 Å². The molecule has 1 aliphatic rings. The molecule has 1 fully saturated rings. The average Bonchev–Trinajstić information content (AvgIpc) is 2.86. The topological polar surface area (TPSA) is 94.2 Å². The number of piperidine rings is 1. The van der Waals surface area contributed by atoms with Gasteiger partial charge in [-0.25, -0.2) is 17.9 Å². The maximum atomic E-state index is 13.3. The highest BCUT2D eigenvalue weighted by atomic mass is 32.2. The summed E-state index contributed by atoms with van der Waals surface area (Å²) < 4.78 is 44.6. The van der Waals surface area contributed by atoms with Crippen molar-refractivity contribution in [3.05, 3.63) is 59.7 Å². The summed E-state index contributed by atoms with van der Waals surface area (Å²) in [6.45, 7) is 2.99. The first-order chi connectivity index (χ1) is 16.4. The van der Waals surface area contributed by atoms with E-state index in [1.165, 1.54) is 45.1 Å². The minimum Gasteiger partial charge on any atom is -0.493 e. The second kappa shape index (κ2) is 12.0. The van der Waals surface area contributed by atoms with Gasteiger partial charge in [-0.05, 0) is 54.6 Å². The number of esters is 1. The standard InChI is InChI=1S/C25H32N2O6S/c1-31-22-14-20(11-12-24(28)32-2)15-23(25(22)33-3)34(29,30)26-16-21-10-7-13-27(18-21)17-19-8-5-4-6-9-19/h4-6,8-9,11-12,14-15,21,26H,7,10,13,16-18H2,1-3H3/b12-11+. The van der Waals surface area contributed by atoms with Crippen LogP contribution >= 0.6 is 0 Å². The highest BCUT2D eigenvalue weighted by Crippen LogP contribution is 2.36. The zero-order valence-electron chi connectivity index (χ0n) is 19.8. The molecule has 184 valence electrons. The summed E-state index contributed by atoms with van der Waals surface area (Å²) in [7, 11) is 0.191. The molecule has 0 aliphatic carbocycles. The molecule has 9 heteroatoms. The van der Waals surface area contributed by atoms with Crippen LogP contribution in [-0.2, 0) is 26.1 Å². The zero-order chi connectivity index (χ0) is 24.6. The SMILES string of the molecule is COC(=O)/C=C/c1cc(OC)c(OC)c(S(=O)(=O)NCC2CCCN(Cc3ccccc3)C2)c1. The van der Waals surface area contributed by atoms with Gasteiger partial charge in [0.25, 0.3) is 0 Å². The van der Waals surface area contributed by atoms with Crippen molar-refractivity contribution in [2.75, 3.05) is 41.0 Å². The van der Waals surface area contributed by atoms with Crippen LogP contribution in [0.15, 0.2) is 53.4 Å². The maximum Gasteiger partial charge on any atom is 0.330 e. The number of ether oxygens (including phenoxy) is 3. The number of carbonyl (C=O) groups is 1. The van der Waals surface area contributed by atoms with Crippen molar-refractivity contribution in [2.45, 2.75) is 24.3 Å². The Balaban J connectivity index is 1.74. The van der Waals surface area contributed by atoms with Gasteiger partial charge < -0.3 is 14.2 Å². The molecule has 1 aliphatic heterocycles. The molecule has 1 heterocycles. The number of hydrogen-bond acceptors (Lipinski definition) is 7. The first-order valence-corrected chi connectivity index (χ1v) is 12.6. The van der Waals surface area contributed by atoms with E-state index in [9.17, 15) is 13.2 Å². The molecule has 2 aromatic rings. The number of sulfonamides is 1. The summed E-state index contributed by atoms with van der Waals surface area (Å²) in [4.78, 5) is 13.8. The Morgan fingerprint density at radius 1 is 1.15 bits per heavy atom. The third-order valence-corrected chi connectivity index (χ3v) is 7.21. The summed E-state index contributed by atoms with van der Waals surface area (Å²) in [6, 6.07) is 13.3. The molecular formula is C25H32N2O6S. The van der Waals surface area contributed by atoms with E-state index in [0.29, 0.717) is 12.1 Å². The summed E-state index contributed by atoms with van der Waals surface area (Å²) in [6.07, 6.45) is 4.66. The van der Waals surface area contributed by atoms with Gasteiger partial charge in [-0.3, -0.25) is 4.90 Å². The van der Waals surface area contributed by atoms with Crippen LogP contribution < -0.4 is 14.2 Å². The van der Waals surface area contributed by atoms with Gasteiger partial charge in [0.1, 0.15) is 4.90 Å². The average molecular weight is 489 g/mol. The molecule has 0 radical (unpaired) electrons. The molecule has 1 N–H and O–H groups in total. The molecule has 1 atom stereocenters. The molecule has 0 bridgehead atoms. The van der Waals surface area contributed by atoms with E-state index >= 15 is 0 Å². The molecule has 2 aromatic carbocycles. The lowest BCUT2D eigenvalue weighted by molar-refractivity contribution is -0.134. The molecule has 1 saturated heterocycles. The van der Waals surface area contributed by atoms with E-state index in [1.54, 1.807) is 6.07 Å². The van der Waals surface area contributed by atoms with E-state index in [2.05, 4.69) is 26.5 Å². The molecule has 1 unspecified atom stereocenters. The number of hydrogen-bond donors (Lipinski definition) is 1. The Hall–Kier alpha value is -2.88. The Kier molecular flexibility index (Phi) is 9.09. The minimum atomic E-state index is -3.90. The van der Waals surface area contributed by atoms with Crippen LogP contribution in [-0.4, -0.2) is 60.3 Å². The van der Waals surface area contributed by atoms with Gasteiger partial charge in [-0.1, -0.05) is 30.3 Å². The van der Waals surface area contributed by atoms with Gasteiger partial charge in [0.2, 0.25) is 10.0 Å². The highest BCUT2D eigenvalue weighted by molar-refractivity contribution is 7.89. The van der Waals surface area contributed by atoms with Crippen LogP contribution in [0.4, 0.5) is 0 Å². The number of benzene rings is 2. The first-order valence-electron chi connectivity index (χ1n) is 11.1. The van der Waals surface area contributed by atoms with Gasteiger partial charge in [0, 0.05) is 25.7 Å². The molecule has 3 rings (SSSR count). The molecular weight excluding hydrogens is 456 g/mol. The predicted molar refractivity (Wildman–Crippen MR) is 130 cm³/mol. The quantitative estimate of drug-likeness (QED) is 0.406. The summed E-state index contributed by atoms with van der Waals surface area (Å²) in [5.74, 6) is 0.0124. The lowest BCUT2D eigenvalue weighted by atomic mass is 9.98. The Morgan fingerprint density at radius 3 is 2.59 bits per heavy atom. The summed E-state index contributed by atoms with van der Waals surface area (Å²) in [5.41, 5.74) is 1.72. The maximum absolute atomic E-state index is 13.3. The largest absolute Gasteiger partial charge is 0.493 e. The smallest absolute Gasteiger partial charge is 0.330 e. The van der Waals surface area contributed by atoms with Crippen LogP contribution in [0.25, 0.3) is 6.08 Å². The van der Waals surface area contributed by atoms with Crippen molar-refractivity contribution in [3.63, 3.8) is 0 Å². The van der Waals surface area contributed by atoms with Crippen LogP contribution in [0.3, 0.4) is 0 Å². The number of nitrogens with one attached hydrogen (secondary N) is 1. The monoisotopic (exact) mass is 488 g/mol. The van der Waals surface area contributed by atoms with Crippen LogP contribution in [0.2, 0.25) is 0 Å². The number of likely N-dealkylation sites (tertiary alicyclic amines) is 1. The minimum absolute atomic E-state index is 0.0455. The molecule has 0 saturated carbocycles.